The summed E-state index contributed by atoms with van der Waals surface area (Å²) in [5, 5.41) is 2.72. The molecular formula is C11H19NO4S. The molecule has 1 aliphatic heterocycles. The minimum Gasteiger partial charge on any atom is -0.469 e. The first kappa shape index (κ1) is 14.2. The molecule has 1 N–H and O–H groups in total. The average molecular weight is 261 g/mol. The van der Waals surface area contributed by atoms with Crippen LogP contribution in [0.4, 0.5) is 4.79 Å². The standard InChI is InChI=1S/C11H19NO4S/c1-11(2,3)16-10(14)12-8-6-17-5-7(8)9(13)15-4/h7-8H,5-6H2,1-4H3,(H,12,14)/t7-,8+/m0/s1. The molecule has 6 heteroatoms. The van der Waals surface area contributed by atoms with Gasteiger partial charge in [0.1, 0.15) is 5.60 Å². The zero-order valence-corrected chi connectivity index (χ0v) is 11.4. The van der Waals surface area contributed by atoms with Gasteiger partial charge in [0.2, 0.25) is 0 Å². The van der Waals surface area contributed by atoms with Crippen molar-refractivity contribution in [3.63, 3.8) is 0 Å². The summed E-state index contributed by atoms with van der Waals surface area (Å²) in [6.45, 7) is 5.40. The van der Waals surface area contributed by atoms with Gasteiger partial charge in [-0.25, -0.2) is 4.79 Å². The van der Waals surface area contributed by atoms with Crippen molar-refractivity contribution in [1.29, 1.82) is 0 Å². The first-order valence-electron chi connectivity index (χ1n) is 5.48. The van der Waals surface area contributed by atoms with Crippen LogP contribution in [0.15, 0.2) is 0 Å². The molecule has 0 aliphatic carbocycles. The Labute approximate surface area is 106 Å². The van der Waals surface area contributed by atoms with Crippen molar-refractivity contribution in [3.8, 4) is 0 Å². The lowest BCUT2D eigenvalue weighted by Crippen LogP contribution is -2.45. The molecule has 0 aromatic rings. The van der Waals surface area contributed by atoms with Gasteiger partial charge < -0.3 is 14.8 Å². The van der Waals surface area contributed by atoms with E-state index in [1.807, 2.05) is 0 Å². The predicted octanol–water partition coefficient (Wildman–Crippen LogP) is 1.42. The van der Waals surface area contributed by atoms with Crippen molar-refractivity contribution in [2.75, 3.05) is 18.6 Å². The minimum absolute atomic E-state index is 0.206. The number of rotatable bonds is 2. The van der Waals surface area contributed by atoms with E-state index in [9.17, 15) is 9.59 Å². The van der Waals surface area contributed by atoms with E-state index in [1.54, 1.807) is 32.5 Å². The Balaban J connectivity index is 2.50. The summed E-state index contributed by atoms with van der Waals surface area (Å²) in [6, 6.07) is -0.206. The van der Waals surface area contributed by atoms with Gasteiger partial charge in [0.25, 0.3) is 0 Å². The fraction of sp³-hybridized carbons (Fsp3) is 0.818. The highest BCUT2D eigenvalue weighted by Crippen LogP contribution is 2.25. The van der Waals surface area contributed by atoms with E-state index in [0.29, 0.717) is 11.5 Å². The number of esters is 1. The number of carbonyl (C=O) groups is 2. The SMILES string of the molecule is COC(=O)[C@H]1CSC[C@H]1NC(=O)OC(C)(C)C. The molecular weight excluding hydrogens is 242 g/mol. The summed E-state index contributed by atoms with van der Waals surface area (Å²) in [4.78, 5) is 23.0. The van der Waals surface area contributed by atoms with Crippen LogP contribution < -0.4 is 5.32 Å². The smallest absolute Gasteiger partial charge is 0.407 e. The Hall–Kier alpha value is -0.910. The molecule has 1 aliphatic rings. The highest BCUT2D eigenvalue weighted by Gasteiger charge is 2.36. The maximum absolute atomic E-state index is 11.6. The van der Waals surface area contributed by atoms with Crippen LogP contribution in [0.5, 0.6) is 0 Å². The Morgan fingerprint density at radius 1 is 1.29 bits per heavy atom. The number of carbonyl (C=O) groups excluding carboxylic acids is 2. The number of nitrogens with one attached hydrogen (secondary N) is 1. The average Bonchev–Trinajstić information content (AvgIpc) is 2.61. The fourth-order valence-corrected chi connectivity index (χ4v) is 2.87. The van der Waals surface area contributed by atoms with Crippen LogP contribution in [0.1, 0.15) is 20.8 Å². The molecule has 0 unspecified atom stereocenters. The van der Waals surface area contributed by atoms with E-state index in [1.165, 1.54) is 7.11 Å². The molecule has 2 atom stereocenters. The molecule has 1 saturated heterocycles. The summed E-state index contributed by atoms with van der Waals surface area (Å²) >= 11 is 1.62. The van der Waals surface area contributed by atoms with Crippen LogP contribution in [0.2, 0.25) is 0 Å². The molecule has 1 rings (SSSR count). The van der Waals surface area contributed by atoms with Crippen molar-refractivity contribution < 1.29 is 19.1 Å². The Kier molecular flexibility index (Phi) is 4.68. The third-order valence-electron chi connectivity index (χ3n) is 2.29. The monoisotopic (exact) mass is 261 g/mol. The second kappa shape index (κ2) is 5.62. The lowest BCUT2D eigenvalue weighted by molar-refractivity contribution is -0.145. The van der Waals surface area contributed by atoms with Crippen LogP contribution in [-0.4, -0.2) is 42.3 Å². The normalized spacial score (nSPS) is 24.2. The van der Waals surface area contributed by atoms with Crippen molar-refractivity contribution in [2.45, 2.75) is 32.4 Å². The van der Waals surface area contributed by atoms with Crippen LogP contribution >= 0.6 is 11.8 Å². The largest absolute Gasteiger partial charge is 0.469 e. The van der Waals surface area contributed by atoms with Crippen molar-refractivity contribution in [2.24, 2.45) is 5.92 Å². The number of hydrogen-bond acceptors (Lipinski definition) is 5. The van der Waals surface area contributed by atoms with Gasteiger partial charge in [-0.3, -0.25) is 4.79 Å². The van der Waals surface area contributed by atoms with Gasteiger partial charge in [-0.05, 0) is 20.8 Å². The minimum atomic E-state index is -0.531. The van der Waals surface area contributed by atoms with Crippen molar-refractivity contribution >= 4 is 23.8 Å². The highest BCUT2D eigenvalue weighted by atomic mass is 32.2. The van der Waals surface area contributed by atoms with Gasteiger partial charge in [-0.2, -0.15) is 11.8 Å². The second-order valence-electron chi connectivity index (χ2n) is 4.92. The van der Waals surface area contributed by atoms with Gasteiger partial charge in [0.15, 0.2) is 0 Å². The Morgan fingerprint density at radius 3 is 2.47 bits per heavy atom. The van der Waals surface area contributed by atoms with E-state index in [-0.39, 0.29) is 17.9 Å². The fourth-order valence-electron chi connectivity index (χ4n) is 1.54. The number of thioether (sulfide) groups is 1. The topological polar surface area (TPSA) is 64.6 Å². The molecule has 1 amide bonds. The van der Waals surface area contributed by atoms with Crippen LogP contribution in [-0.2, 0) is 14.3 Å². The second-order valence-corrected chi connectivity index (χ2v) is 5.99. The lowest BCUT2D eigenvalue weighted by Gasteiger charge is -2.23. The van der Waals surface area contributed by atoms with Gasteiger partial charge in [0, 0.05) is 11.5 Å². The maximum Gasteiger partial charge on any atom is 0.407 e. The number of hydrogen-bond donors (Lipinski definition) is 1. The molecule has 5 nitrogen and oxygen atoms in total. The van der Waals surface area contributed by atoms with Gasteiger partial charge in [-0.1, -0.05) is 0 Å². The van der Waals surface area contributed by atoms with Crippen LogP contribution in [0, 0.1) is 5.92 Å². The van der Waals surface area contributed by atoms with Crippen LogP contribution in [0.25, 0.3) is 0 Å². The van der Waals surface area contributed by atoms with Crippen molar-refractivity contribution in [3.05, 3.63) is 0 Å². The summed E-state index contributed by atoms with van der Waals surface area (Å²) in [5.74, 6) is 0.820. The zero-order valence-electron chi connectivity index (χ0n) is 10.6. The van der Waals surface area contributed by atoms with Gasteiger partial charge >= 0.3 is 12.1 Å². The molecule has 0 aromatic carbocycles. The van der Waals surface area contributed by atoms with E-state index < -0.39 is 11.7 Å². The first-order valence-corrected chi connectivity index (χ1v) is 6.64. The van der Waals surface area contributed by atoms with Gasteiger partial charge in [0.05, 0.1) is 19.1 Å². The lowest BCUT2D eigenvalue weighted by atomic mass is 10.0. The number of alkyl carbamates (subject to hydrolysis) is 1. The van der Waals surface area contributed by atoms with E-state index in [0.717, 1.165) is 0 Å². The molecule has 1 heterocycles. The molecule has 0 spiro atoms. The molecule has 98 valence electrons. The molecule has 1 fully saturated rings. The molecule has 17 heavy (non-hydrogen) atoms. The number of ether oxygens (including phenoxy) is 2. The quantitative estimate of drug-likeness (QED) is 0.761. The van der Waals surface area contributed by atoms with E-state index in [2.05, 4.69) is 5.32 Å². The molecule has 0 bridgehead atoms. The summed E-state index contributed by atoms with van der Waals surface area (Å²) in [5.41, 5.74) is -0.531. The summed E-state index contributed by atoms with van der Waals surface area (Å²) in [7, 11) is 1.36. The first-order chi connectivity index (χ1) is 7.83. The predicted molar refractivity (Wildman–Crippen MR) is 66.0 cm³/mol. The Bertz CT molecular complexity index is 300. The zero-order chi connectivity index (χ0) is 13.1. The molecule has 0 saturated carbocycles. The third kappa shape index (κ3) is 4.46. The summed E-state index contributed by atoms with van der Waals surface area (Å²) < 4.78 is 9.85. The highest BCUT2D eigenvalue weighted by molar-refractivity contribution is 7.99. The molecule has 0 radical (unpaired) electrons. The summed E-state index contributed by atoms with van der Waals surface area (Å²) in [6.07, 6.45) is -0.487. The third-order valence-corrected chi connectivity index (χ3v) is 3.48. The van der Waals surface area contributed by atoms with Gasteiger partial charge in [-0.15, -0.1) is 0 Å². The van der Waals surface area contributed by atoms with E-state index >= 15 is 0 Å². The maximum atomic E-state index is 11.6. The number of methoxy groups -OCH3 is 1. The van der Waals surface area contributed by atoms with Crippen LogP contribution in [0.3, 0.4) is 0 Å². The number of amides is 1. The van der Waals surface area contributed by atoms with Crippen molar-refractivity contribution in [1.82, 2.24) is 5.32 Å². The Morgan fingerprint density at radius 2 is 1.94 bits per heavy atom. The van der Waals surface area contributed by atoms with E-state index in [4.69, 9.17) is 9.47 Å². The molecule has 0 aromatic heterocycles.